The third-order valence-electron chi connectivity index (χ3n) is 4.35. The van der Waals surface area contributed by atoms with Gasteiger partial charge in [0.15, 0.2) is 0 Å². The Bertz CT molecular complexity index is 1000. The zero-order valence-corrected chi connectivity index (χ0v) is 17.9. The lowest BCUT2D eigenvalue weighted by molar-refractivity contribution is -0.116. The Morgan fingerprint density at radius 2 is 1.86 bits per heavy atom. The summed E-state index contributed by atoms with van der Waals surface area (Å²) in [6.07, 6.45) is 0.748. The van der Waals surface area contributed by atoms with Gasteiger partial charge in [-0.1, -0.05) is 48.9 Å². The minimum atomic E-state index is -0.247. The first-order valence-electron chi connectivity index (χ1n) is 9.34. The first-order chi connectivity index (χ1) is 14.0. The molecule has 0 bridgehead atoms. The molecule has 0 aliphatic rings. The number of amides is 2. The van der Waals surface area contributed by atoms with Crippen molar-refractivity contribution in [1.29, 1.82) is 0 Å². The normalized spacial score (nSPS) is 10.6. The van der Waals surface area contributed by atoms with Crippen LogP contribution in [0.2, 0.25) is 5.02 Å². The van der Waals surface area contributed by atoms with E-state index in [4.69, 9.17) is 11.6 Å². The number of carbonyl (C=O) groups excluding carboxylic acids is 2. The van der Waals surface area contributed by atoms with Crippen molar-refractivity contribution in [3.63, 3.8) is 0 Å². The summed E-state index contributed by atoms with van der Waals surface area (Å²) in [6, 6.07) is 14.9. The Hall–Kier alpha value is -2.70. The monoisotopic (exact) mass is 427 g/mol. The Morgan fingerprint density at radius 3 is 2.55 bits per heavy atom. The molecular weight excluding hydrogens is 406 g/mol. The van der Waals surface area contributed by atoms with Crippen LogP contribution in [0, 0.1) is 6.92 Å². The van der Waals surface area contributed by atoms with Crippen molar-refractivity contribution in [2.75, 3.05) is 18.4 Å². The molecule has 7 heteroatoms. The van der Waals surface area contributed by atoms with Gasteiger partial charge < -0.3 is 10.2 Å². The summed E-state index contributed by atoms with van der Waals surface area (Å²) in [5, 5.41) is 6.00. The average Bonchev–Trinajstić information content (AvgIpc) is 3.19. The Morgan fingerprint density at radius 1 is 1.14 bits per heavy atom. The van der Waals surface area contributed by atoms with E-state index in [1.165, 1.54) is 16.2 Å². The maximum atomic E-state index is 13.0. The van der Waals surface area contributed by atoms with E-state index in [0.29, 0.717) is 17.3 Å². The molecule has 0 aliphatic carbocycles. The van der Waals surface area contributed by atoms with Gasteiger partial charge in [-0.3, -0.25) is 9.59 Å². The quantitative estimate of drug-likeness (QED) is 0.559. The lowest BCUT2D eigenvalue weighted by Crippen LogP contribution is -2.38. The predicted molar refractivity (Wildman–Crippen MR) is 119 cm³/mol. The van der Waals surface area contributed by atoms with Crippen molar-refractivity contribution in [2.45, 2.75) is 20.3 Å². The molecule has 0 saturated heterocycles. The summed E-state index contributed by atoms with van der Waals surface area (Å²) >= 11 is 7.33. The second-order valence-corrected chi connectivity index (χ2v) is 7.93. The van der Waals surface area contributed by atoms with Crippen LogP contribution in [0.1, 0.15) is 29.4 Å². The number of benzene rings is 2. The molecule has 29 heavy (non-hydrogen) atoms. The fourth-order valence-electron chi connectivity index (χ4n) is 2.86. The van der Waals surface area contributed by atoms with Gasteiger partial charge in [-0.05, 0) is 37.1 Å². The summed E-state index contributed by atoms with van der Waals surface area (Å²) in [6.45, 7) is 4.36. The minimum absolute atomic E-state index is 0.0190. The van der Waals surface area contributed by atoms with E-state index in [1.807, 2.05) is 50.2 Å². The van der Waals surface area contributed by atoms with E-state index in [9.17, 15) is 9.59 Å². The standard InChI is InChI=1S/C22H22ClN3O2S/c1-3-12-26(13-20(27)24-18-7-5-4-6-15(18)2)22(28)19-14-29-21(25-19)16-8-10-17(23)11-9-16/h4-11,14H,3,12-13H2,1-2H3,(H,24,27). The van der Waals surface area contributed by atoms with Crippen LogP contribution in [0.15, 0.2) is 53.9 Å². The lowest BCUT2D eigenvalue weighted by atomic mass is 10.2. The second-order valence-electron chi connectivity index (χ2n) is 6.63. The molecule has 150 valence electrons. The first kappa shape index (κ1) is 21.0. The molecule has 0 fully saturated rings. The number of nitrogens with zero attached hydrogens (tertiary/aromatic N) is 2. The van der Waals surface area contributed by atoms with Gasteiger partial charge in [0, 0.05) is 28.2 Å². The van der Waals surface area contributed by atoms with Gasteiger partial charge in [0.05, 0.1) is 0 Å². The summed E-state index contributed by atoms with van der Waals surface area (Å²) < 4.78 is 0. The number of hydrogen-bond acceptors (Lipinski definition) is 4. The maximum Gasteiger partial charge on any atom is 0.273 e. The fourth-order valence-corrected chi connectivity index (χ4v) is 3.78. The molecular formula is C22H22ClN3O2S. The molecule has 1 heterocycles. The topological polar surface area (TPSA) is 62.3 Å². The Labute approximate surface area is 179 Å². The third kappa shape index (κ3) is 5.43. The number of para-hydroxylation sites is 1. The van der Waals surface area contributed by atoms with E-state index in [-0.39, 0.29) is 18.4 Å². The van der Waals surface area contributed by atoms with E-state index in [2.05, 4.69) is 10.3 Å². The molecule has 0 atom stereocenters. The molecule has 1 N–H and O–H groups in total. The van der Waals surface area contributed by atoms with Gasteiger partial charge in [0.1, 0.15) is 17.2 Å². The summed E-state index contributed by atoms with van der Waals surface area (Å²) in [4.78, 5) is 31.5. The van der Waals surface area contributed by atoms with Crippen LogP contribution in [0.5, 0.6) is 0 Å². The van der Waals surface area contributed by atoms with Gasteiger partial charge in [0.25, 0.3) is 5.91 Å². The fraction of sp³-hybridized carbons (Fsp3) is 0.227. The SMILES string of the molecule is CCCN(CC(=O)Nc1ccccc1C)C(=O)c1csc(-c2ccc(Cl)cc2)n1. The van der Waals surface area contributed by atoms with Crippen LogP contribution in [0.4, 0.5) is 5.69 Å². The van der Waals surface area contributed by atoms with Crippen LogP contribution in [0.3, 0.4) is 0 Å². The summed E-state index contributed by atoms with van der Waals surface area (Å²) in [7, 11) is 0. The molecule has 5 nitrogen and oxygen atoms in total. The van der Waals surface area contributed by atoms with E-state index < -0.39 is 0 Å². The van der Waals surface area contributed by atoms with Gasteiger partial charge in [0.2, 0.25) is 5.91 Å². The molecule has 0 radical (unpaired) electrons. The van der Waals surface area contributed by atoms with E-state index in [0.717, 1.165) is 28.2 Å². The second kappa shape index (κ2) is 9.67. The Balaban J connectivity index is 1.71. The van der Waals surface area contributed by atoms with Crippen LogP contribution in [-0.4, -0.2) is 34.8 Å². The summed E-state index contributed by atoms with van der Waals surface area (Å²) in [5.74, 6) is -0.475. The number of anilines is 1. The molecule has 0 saturated carbocycles. The van der Waals surface area contributed by atoms with Crippen molar-refractivity contribution in [3.05, 3.63) is 70.2 Å². The average molecular weight is 428 g/mol. The van der Waals surface area contributed by atoms with Crippen LogP contribution < -0.4 is 5.32 Å². The predicted octanol–water partition coefficient (Wildman–Crippen LogP) is 5.26. The number of thiazole rings is 1. The zero-order chi connectivity index (χ0) is 20.8. The van der Waals surface area contributed by atoms with Crippen molar-refractivity contribution in [2.24, 2.45) is 0 Å². The highest BCUT2D eigenvalue weighted by atomic mass is 35.5. The van der Waals surface area contributed by atoms with Crippen LogP contribution in [-0.2, 0) is 4.79 Å². The van der Waals surface area contributed by atoms with Crippen LogP contribution in [0.25, 0.3) is 10.6 Å². The van der Waals surface area contributed by atoms with Crippen molar-refractivity contribution < 1.29 is 9.59 Å². The minimum Gasteiger partial charge on any atom is -0.328 e. The maximum absolute atomic E-state index is 13.0. The number of rotatable bonds is 7. The van der Waals surface area contributed by atoms with Gasteiger partial charge in [-0.2, -0.15) is 0 Å². The number of aromatic nitrogens is 1. The van der Waals surface area contributed by atoms with Crippen molar-refractivity contribution in [1.82, 2.24) is 9.88 Å². The molecule has 0 spiro atoms. The number of carbonyl (C=O) groups is 2. The van der Waals surface area contributed by atoms with Crippen molar-refractivity contribution in [3.8, 4) is 10.6 Å². The molecule has 2 amide bonds. The third-order valence-corrected chi connectivity index (χ3v) is 5.49. The van der Waals surface area contributed by atoms with Gasteiger partial charge in [-0.25, -0.2) is 4.98 Å². The number of aryl methyl sites for hydroxylation is 1. The summed E-state index contributed by atoms with van der Waals surface area (Å²) in [5.41, 5.74) is 2.97. The molecule has 1 aromatic heterocycles. The van der Waals surface area contributed by atoms with Crippen LogP contribution >= 0.6 is 22.9 Å². The molecule has 0 unspecified atom stereocenters. The largest absolute Gasteiger partial charge is 0.328 e. The molecule has 3 aromatic rings. The lowest BCUT2D eigenvalue weighted by Gasteiger charge is -2.21. The zero-order valence-electron chi connectivity index (χ0n) is 16.3. The van der Waals surface area contributed by atoms with Gasteiger partial charge >= 0.3 is 0 Å². The van der Waals surface area contributed by atoms with E-state index >= 15 is 0 Å². The molecule has 3 rings (SSSR count). The highest BCUT2D eigenvalue weighted by Gasteiger charge is 2.21. The number of halogens is 1. The molecule has 2 aromatic carbocycles. The highest BCUT2D eigenvalue weighted by molar-refractivity contribution is 7.13. The highest BCUT2D eigenvalue weighted by Crippen LogP contribution is 2.25. The van der Waals surface area contributed by atoms with E-state index in [1.54, 1.807) is 17.5 Å². The molecule has 0 aliphatic heterocycles. The smallest absolute Gasteiger partial charge is 0.273 e. The number of nitrogens with one attached hydrogen (secondary N) is 1. The van der Waals surface area contributed by atoms with Gasteiger partial charge in [-0.15, -0.1) is 11.3 Å². The Kier molecular flexibility index (Phi) is 7.01. The number of hydrogen-bond donors (Lipinski definition) is 1. The first-order valence-corrected chi connectivity index (χ1v) is 10.6. The van der Waals surface area contributed by atoms with Crippen molar-refractivity contribution >= 4 is 40.4 Å².